The summed E-state index contributed by atoms with van der Waals surface area (Å²) >= 11 is 5.85. The second kappa shape index (κ2) is 5.08. The maximum absolute atomic E-state index is 5.85. The van der Waals surface area contributed by atoms with E-state index in [1.54, 1.807) is 0 Å². The summed E-state index contributed by atoms with van der Waals surface area (Å²) in [5.41, 5.74) is 0.897. The molecule has 1 atom stereocenters. The fourth-order valence-corrected chi connectivity index (χ4v) is 2.28. The summed E-state index contributed by atoms with van der Waals surface area (Å²) < 4.78 is 5.30. The number of hydrogen-bond acceptors (Lipinski definition) is 4. The van der Waals surface area contributed by atoms with E-state index in [2.05, 4.69) is 15.5 Å². The molecule has 1 saturated heterocycles. The zero-order valence-corrected chi connectivity index (χ0v) is 10.7. The second-order valence-corrected chi connectivity index (χ2v) is 4.90. The summed E-state index contributed by atoms with van der Waals surface area (Å²) in [6.45, 7) is 1.02. The van der Waals surface area contributed by atoms with Gasteiger partial charge in [0.05, 0.1) is 6.04 Å². The van der Waals surface area contributed by atoms with Gasteiger partial charge in [-0.3, -0.25) is 0 Å². The van der Waals surface area contributed by atoms with Crippen LogP contribution in [0, 0.1) is 0 Å². The van der Waals surface area contributed by atoms with E-state index in [0.717, 1.165) is 24.4 Å². The van der Waals surface area contributed by atoms with Crippen molar-refractivity contribution in [3.05, 3.63) is 35.1 Å². The molecule has 2 aromatic rings. The average Bonchev–Trinajstić information content (AvgIpc) is 2.90. The molecule has 1 aliphatic heterocycles. The summed E-state index contributed by atoms with van der Waals surface area (Å²) in [4.78, 5) is 4.45. The summed E-state index contributed by atoms with van der Waals surface area (Å²) in [5.74, 6) is 1.30. The number of rotatable bonds is 2. The molecule has 1 aliphatic rings. The lowest BCUT2D eigenvalue weighted by Crippen LogP contribution is -2.27. The van der Waals surface area contributed by atoms with Gasteiger partial charge < -0.3 is 9.84 Å². The Hall–Kier alpha value is -1.39. The molecule has 1 N–H and O–H groups in total. The third-order valence-electron chi connectivity index (χ3n) is 3.15. The number of benzene rings is 1. The molecule has 0 radical (unpaired) electrons. The molecular weight excluding hydrogens is 250 g/mol. The zero-order chi connectivity index (χ0) is 12.4. The highest BCUT2D eigenvalue weighted by Gasteiger charge is 2.20. The molecule has 4 nitrogen and oxygen atoms in total. The number of hydrogen-bond donors (Lipinski definition) is 1. The Morgan fingerprint density at radius 1 is 1.22 bits per heavy atom. The van der Waals surface area contributed by atoms with E-state index in [-0.39, 0.29) is 6.04 Å². The van der Waals surface area contributed by atoms with Crippen LogP contribution in [-0.2, 0) is 0 Å². The summed E-state index contributed by atoms with van der Waals surface area (Å²) in [6.07, 6.45) is 3.50. The average molecular weight is 264 g/mol. The van der Waals surface area contributed by atoms with E-state index >= 15 is 0 Å². The van der Waals surface area contributed by atoms with Crippen molar-refractivity contribution in [2.75, 3.05) is 6.54 Å². The van der Waals surface area contributed by atoms with Crippen molar-refractivity contribution < 1.29 is 4.52 Å². The minimum atomic E-state index is 0.226. The van der Waals surface area contributed by atoms with Crippen molar-refractivity contribution in [3.63, 3.8) is 0 Å². The fourth-order valence-electron chi connectivity index (χ4n) is 2.16. The Bertz CT molecular complexity index is 517. The lowest BCUT2D eigenvalue weighted by molar-refractivity contribution is 0.367. The maximum atomic E-state index is 5.85. The SMILES string of the molecule is Clc1ccc(-c2nc([C@H]3CCCCN3)no2)cc1. The third kappa shape index (κ3) is 2.40. The number of nitrogens with zero attached hydrogens (tertiary/aromatic N) is 2. The molecule has 0 saturated carbocycles. The molecule has 18 heavy (non-hydrogen) atoms. The van der Waals surface area contributed by atoms with Gasteiger partial charge in [0.25, 0.3) is 5.89 Å². The van der Waals surface area contributed by atoms with Gasteiger partial charge in [-0.25, -0.2) is 0 Å². The van der Waals surface area contributed by atoms with Gasteiger partial charge >= 0.3 is 0 Å². The monoisotopic (exact) mass is 263 g/mol. The van der Waals surface area contributed by atoms with Crippen LogP contribution in [0.5, 0.6) is 0 Å². The van der Waals surface area contributed by atoms with Crippen LogP contribution in [0.2, 0.25) is 5.02 Å². The van der Waals surface area contributed by atoms with E-state index in [1.165, 1.54) is 12.8 Å². The van der Waals surface area contributed by atoms with E-state index < -0.39 is 0 Å². The van der Waals surface area contributed by atoms with Crippen molar-refractivity contribution >= 4 is 11.6 Å². The smallest absolute Gasteiger partial charge is 0.257 e. The van der Waals surface area contributed by atoms with Crippen molar-refractivity contribution in [1.82, 2.24) is 15.5 Å². The second-order valence-electron chi connectivity index (χ2n) is 4.47. The topological polar surface area (TPSA) is 51.0 Å². The Morgan fingerprint density at radius 3 is 2.78 bits per heavy atom. The predicted octanol–water partition coefficient (Wildman–Crippen LogP) is 3.20. The van der Waals surface area contributed by atoms with Crippen LogP contribution in [-0.4, -0.2) is 16.7 Å². The number of halogens is 1. The first kappa shape index (κ1) is 11.7. The highest BCUT2D eigenvalue weighted by Crippen LogP contribution is 2.24. The zero-order valence-electron chi connectivity index (χ0n) is 9.90. The van der Waals surface area contributed by atoms with Gasteiger partial charge in [-0.2, -0.15) is 4.98 Å². The molecule has 2 heterocycles. The molecular formula is C13H14ClN3O. The molecule has 0 bridgehead atoms. The molecule has 0 spiro atoms. The van der Waals surface area contributed by atoms with E-state index in [0.29, 0.717) is 10.9 Å². The van der Waals surface area contributed by atoms with Gasteiger partial charge in [-0.05, 0) is 43.7 Å². The number of aromatic nitrogens is 2. The van der Waals surface area contributed by atoms with Crippen LogP contribution < -0.4 is 5.32 Å². The lowest BCUT2D eigenvalue weighted by Gasteiger charge is -2.19. The molecule has 1 aromatic carbocycles. The normalized spacial score (nSPS) is 19.9. The van der Waals surface area contributed by atoms with E-state index in [9.17, 15) is 0 Å². The maximum Gasteiger partial charge on any atom is 0.257 e. The minimum Gasteiger partial charge on any atom is -0.334 e. The van der Waals surface area contributed by atoms with Crippen molar-refractivity contribution in [2.24, 2.45) is 0 Å². The van der Waals surface area contributed by atoms with Gasteiger partial charge in [0.2, 0.25) is 0 Å². The molecule has 0 unspecified atom stereocenters. The van der Waals surface area contributed by atoms with Crippen LogP contribution >= 0.6 is 11.6 Å². The summed E-state index contributed by atoms with van der Waals surface area (Å²) in [5, 5.41) is 8.16. The first-order chi connectivity index (χ1) is 8.83. The van der Waals surface area contributed by atoms with Crippen LogP contribution in [0.1, 0.15) is 31.1 Å². The van der Waals surface area contributed by atoms with Gasteiger partial charge in [0, 0.05) is 10.6 Å². The Kier molecular flexibility index (Phi) is 3.30. The number of nitrogens with one attached hydrogen (secondary N) is 1. The van der Waals surface area contributed by atoms with E-state index in [1.807, 2.05) is 24.3 Å². The van der Waals surface area contributed by atoms with Crippen LogP contribution in [0.3, 0.4) is 0 Å². The largest absolute Gasteiger partial charge is 0.334 e. The molecule has 3 rings (SSSR count). The van der Waals surface area contributed by atoms with E-state index in [4.69, 9.17) is 16.1 Å². The first-order valence-electron chi connectivity index (χ1n) is 6.16. The summed E-state index contributed by atoms with van der Waals surface area (Å²) in [6, 6.07) is 7.63. The van der Waals surface area contributed by atoms with Crippen LogP contribution in [0.15, 0.2) is 28.8 Å². The van der Waals surface area contributed by atoms with Crippen LogP contribution in [0.25, 0.3) is 11.5 Å². The van der Waals surface area contributed by atoms with Crippen molar-refractivity contribution in [1.29, 1.82) is 0 Å². The lowest BCUT2D eigenvalue weighted by atomic mass is 10.0. The van der Waals surface area contributed by atoms with Gasteiger partial charge in [0.15, 0.2) is 5.82 Å². The molecule has 0 aliphatic carbocycles. The Balaban J connectivity index is 1.82. The van der Waals surface area contributed by atoms with Gasteiger partial charge in [-0.1, -0.05) is 23.2 Å². The highest BCUT2D eigenvalue weighted by atomic mass is 35.5. The van der Waals surface area contributed by atoms with Gasteiger partial charge in [-0.15, -0.1) is 0 Å². The fraction of sp³-hybridized carbons (Fsp3) is 0.385. The van der Waals surface area contributed by atoms with Crippen LogP contribution in [0.4, 0.5) is 0 Å². The third-order valence-corrected chi connectivity index (χ3v) is 3.41. The molecule has 5 heteroatoms. The highest BCUT2D eigenvalue weighted by molar-refractivity contribution is 6.30. The first-order valence-corrected chi connectivity index (χ1v) is 6.53. The van der Waals surface area contributed by atoms with Crippen molar-refractivity contribution in [3.8, 4) is 11.5 Å². The minimum absolute atomic E-state index is 0.226. The standard InChI is InChI=1S/C13H14ClN3O/c14-10-6-4-9(5-7-10)13-16-12(17-18-13)11-3-1-2-8-15-11/h4-7,11,15H,1-3,8H2/t11-/m1/s1. The molecule has 94 valence electrons. The number of piperidine rings is 1. The molecule has 1 fully saturated rings. The van der Waals surface area contributed by atoms with Gasteiger partial charge in [0.1, 0.15) is 0 Å². The summed E-state index contributed by atoms with van der Waals surface area (Å²) in [7, 11) is 0. The van der Waals surface area contributed by atoms with Crippen molar-refractivity contribution in [2.45, 2.75) is 25.3 Å². The predicted molar refractivity (Wildman–Crippen MR) is 69.3 cm³/mol. The quantitative estimate of drug-likeness (QED) is 0.904. The Labute approximate surface area is 110 Å². The Morgan fingerprint density at radius 2 is 2.06 bits per heavy atom. The molecule has 1 aromatic heterocycles. The molecule has 0 amide bonds.